The van der Waals surface area contributed by atoms with E-state index >= 15 is 0 Å². The van der Waals surface area contributed by atoms with Gasteiger partial charge in [-0.2, -0.15) is 4.31 Å². The molecule has 172 valence electrons. The van der Waals surface area contributed by atoms with Gasteiger partial charge in [-0.1, -0.05) is 18.2 Å². The molecule has 9 heteroatoms. The largest absolute Gasteiger partial charge is 0.495 e. The topological polar surface area (TPSA) is 70.2 Å². The molecule has 0 saturated carbocycles. The normalized spacial score (nSPS) is 20.2. The molecule has 0 N–H and O–H groups in total. The van der Waals surface area contributed by atoms with Crippen LogP contribution >= 0.6 is 0 Å². The molecule has 2 aromatic carbocycles. The van der Waals surface area contributed by atoms with Gasteiger partial charge < -0.3 is 14.5 Å². The molecule has 0 aromatic heterocycles. The summed E-state index contributed by atoms with van der Waals surface area (Å²) in [4.78, 5) is 17.1. The van der Waals surface area contributed by atoms with Gasteiger partial charge in [0.1, 0.15) is 16.5 Å². The van der Waals surface area contributed by atoms with E-state index in [1.54, 1.807) is 0 Å². The van der Waals surface area contributed by atoms with Crippen molar-refractivity contribution < 1.29 is 22.3 Å². The minimum atomic E-state index is -3.98. The molecular formula is C23H28FN3O4S. The van der Waals surface area contributed by atoms with Crippen molar-refractivity contribution in [3.8, 4) is 5.75 Å². The van der Waals surface area contributed by atoms with E-state index in [4.69, 9.17) is 4.74 Å². The number of ether oxygens (including phenoxy) is 1. The van der Waals surface area contributed by atoms with Crippen molar-refractivity contribution in [3.63, 3.8) is 0 Å². The Balaban J connectivity index is 1.43. The van der Waals surface area contributed by atoms with Gasteiger partial charge >= 0.3 is 0 Å². The Morgan fingerprint density at radius 2 is 1.75 bits per heavy atom. The second-order valence-corrected chi connectivity index (χ2v) is 10.1. The molecule has 4 rings (SSSR count). The number of hydrogen-bond donors (Lipinski definition) is 0. The zero-order chi connectivity index (χ0) is 22.7. The minimum absolute atomic E-state index is 0.0104. The monoisotopic (exact) mass is 461 g/mol. The molecule has 2 saturated heterocycles. The van der Waals surface area contributed by atoms with E-state index in [0.717, 1.165) is 30.9 Å². The highest BCUT2D eigenvalue weighted by atomic mass is 32.2. The van der Waals surface area contributed by atoms with E-state index in [9.17, 15) is 17.6 Å². The number of para-hydroxylation sites is 1. The Morgan fingerprint density at radius 3 is 2.44 bits per heavy atom. The maximum atomic E-state index is 13.8. The zero-order valence-corrected chi connectivity index (χ0v) is 18.9. The molecule has 2 fully saturated rings. The molecule has 0 aliphatic carbocycles. The first-order chi connectivity index (χ1) is 15.4. The second kappa shape index (κ2) is 9.46. The highest BCUT2D eigenvalue weighted by Crippen LogP contribution is 2.31. The van der Waals surface area contributed by atoms with Crippen LogP contribution in [0.5, 0.6) is 5.75 Å². The third-order valence-corrected chi connectivity index (χ3v) is 8.08. The number of rotatable bonds is 5. The summed E-state index contributed by atoms with van der Waals surface area (Å²) in [6.07, 6.45) is 1.22. The number of piperidine rings is 1. The second-order valence-electron chi connectivity index (χ2n) is 8.15. The predicted molar refractivity (Wildman–Crippen MR) is 120 cm³/mol. The third kappa shape index (κ3) is 4.59. The molecule has 0 bridgehead atoms. The summed E-state index contributed by atoms with van der Waals surface area (Å²) in [7, 11) is -2.63. The van der Waals surface area contributed by atoms with Crippen molar-refractivity contribution in [2.24, 2.45) is 5.92 Å². The molecule has 32 heavy (non-hydrogen) atoms. The van der Waals surface area contributed by atoms with Crippen LogP contribution in [0.25, 0.3) is 0 Å². The zero-order valence-electron chi connectivity index (χ0n) is 18.1. The lowest BCUT2D eigenvalue weighted by molar-refractivity contribution is -0.137. The van der Waals surface area contributed by atoms with Crippen molar-refractivity contribution in [1.82, 2.24) is 9.21 Å². The van der Waals surface area contributed by atoms with E-state index < -0.39 is 21.8 Å². The number of nitrogens with zero attached hydrogens (tertiary/aromatic N) is 3. The molecular weight excluding hydrogens is 433 g/mol. The van der Waals surface area contributed by atoms with E-state index in [0.29, 0.717) is 32.5 Å². The first-order valence-electron chi connectivity index (χ1n) is 10.8. The van der Waals surface area contributed by atoms with E-state index in [1.807, 2.05) is 23.1 Å². The summed E-state index contributed by atoms with van der Waals surface area (Å²) in [5, 5.41) is 0. The third-order valence-electron chi connectivity index (χ3n) is 6.19. The SMILES string of the molecule is COc1ccc(F)cc1S(=O)(=O)N1CCC[C@@H](C(=O)N2CCN(c3ccccc3)CC2)C1. The first kappa shape index (κ1) is 22.5. The number of hydrogen-bond acceptors (Lipinski definition) is 5. The maximum absolute atomic E-state index is 13.8. The number of sulfonamides is 1. The van der Waals surface area contributed by atoms with Gasteiger partial charge in [-0.25, -0.2) is 12.8 Å². The lowest BCUT2D eigenvalue weighted by Crippen LogP contribution is -2.53. The summed E-state index contributed by atoms with van der Waals surface area (Å²) in [6.45, 7) is 3.09. The van der Waals surface area contributed by atoms with Crippen molar-refractivity contribution in [3.05, 3.63) is 54.3 Å². The summed E-state index contributed by atoms with van der Waals surface area (Å²) >= 11 is 0. The standard InChI is InChI=1S/C23H28FN3O4S/c1-31-21-10-9-19(24)16-22(21)32(29,30)27-11-5-6-18(17-27)23(28)26-14-12-25(13-15-26)20-7-3-2-4-8-20/h2-4,7-10,16,18H,5-6,11-15,17H2,1H3/t18-/m1/s1. The molecule has 0 radical (unpaired) electrons. The van der Waals surface area contributed by atoms with Crippen molar-refractivity contribution in [2.75, 3.05) is 51.3 Å². The quantitative estimate of drug-likeness (QED) is 0.685. The number of amides is 1. The Hall–Kier alpha value is -2.65. The van der Waals surface area contributed by atoms with Gasteiger partial charge in [0, 0.05) is 45.0 Å². The number of carbonyl (C=O) groups is 1. The lowest BCUT2D eigenvalue weighted by atomic mass is 9.97. The molecule has 2 aliphatic rings. The van der Waals surface area contributed by atoms with Gasteiger partial charge in [0.25, 0.3) is 0 Å². The Kier molecular flexibility index (Phi) is 6.66. The highest BCUT2D eigenvalue weighted by molar-refractivity contribution is 7.89. The van der Waals surface area contributed by atoms with Crippen LogP contribution in [-0.2, 0) is 14.8 Å². The fourth-order valence-electron chi connectivity index (χ4n) is 4.44. The number of anilines is 1. The van der Waals surface area contributed by atoms with Crippen LogP contribution in [-0.4, -0.2) is 69.9 Å². The van der Waals surface area contributed by atoms with Gasteiger partial charge in [0.15, 0.2) is 0 Å². The fourth-order valence-corrected chi connectivity index (χ4v) is 6.13. The smallest absolute Gasteiger partial charge is 0.246 e. The van der Waals surface area contributed by atoms with Crippen molar-refractivity contribution in [2.45, 2.75) is 17.7 Å². The average Bonchev–Trinajstić information content (AvgIpc) is 2.84. The van der Waals surface area contributed by atoms with Gasteiger partial charge in [0.2, 0.25) is 15.9 Å². The van der Waals surface area contributed by atoms with Crippen LogP contribution in [0.2, 0.25) is 0 Å². The Labute approximate surface area is 188 Å². The minimum Gasteiger partial charge on any atom is -0.495 e. The van der Waals surface area contributed by atoms with Gasteiger partial charge in [-0.3, -0.25) is 4.79 Å². The summed E-state index contributed by atoms with van der Waals surface area (Å²) < 4.78 is 46.6. The van der Waals surface area contributed by atoms with Gasteiger partial charge in [0.05, 0.1) is 13.0 Å². The van der Waals surface area contributed by atoms with Crippen LogP contribution in [0.15, 0.2) is 53.4 Å². The molecule has 2 heterocycles. The van der Waals surface area contributed by atoms with Crippen LogP contribution < -0.4 is 9.64 Å². The highest BCUT2D eigenvalue weighted by Gasteiger charge is 2.37. The number of carbonyl (C=O) groups excluding carboxylic acids is 1. The van der Waals surface area contributed by atoms with Crippen LogP contribution in [0, 0.1) is 11.7 Å². The maximum Gasteiger partial charge on any atom is 0.246 e. The number of benzene rings is 2. The molecule has 7 nitrogen and oxygen atoms in total. The Morgan fingerprint density at radius 1 is 1.03 bits per heavy atom. The first-order valence-corrected chi connectivity index (χ1v) is 12.3. The average molecular weight is 462 g/mol. The van der Waals surface area contributed by atoms with Crippen LogP contribution in [0.3, 0.4) is 0 Å². The van der Waals surface area contributed by atoms with Crippen molar-refractivity contribution in [1.29, 1.82) is 0 Å². The van der Waals surface area contributed by atoms with Crippen LogP contribution in [0.4, 0.5) is 10.1 Å². The lowest BCUT2D eigenvalue weighted by Gasteiger charge is -2.39. The van der Waals surface area contributed by atoms with Crippen LogP contribution in [0.1, 0.15) is 12.8 Å². The molecule has 2 aromatic rings. The summed E-state index contributed by atoms with van der Waals surface area (Å²) in [5.41, 5.74) is 1.14. The van der Waals surface area contributed by atoms with E-state index in [1.165, 1.54) is 17.5 Å². The van der Waals surface area contributed by atoms with Gasteiger partial charge in [-0.05, 0) is 43.2 Å². The predicted octanol–water partition coefficient (Wildman–Crippen LogP) is 2.58. The summed E-state index contributed by atoms with van der Waals surface area (Å²) in [6, 6.07) is 13.5. The van der Waals surface area contributed by atoms with Gasteiger partial charge in [-0.15, -0.1) is 0 Å². The molecule has 2 aliphatic heterocycles. The molecule has 0 spiro atoms. The Bertz CT molecular complexity index is 1060. The molecule has 0 unspecified atom stereocenters. The number of methoxy groups -OCH3 is 1. The number of halogens is 1. The van der Waals surface area contributed by atoms with Crippen molar-refractivity contribution >= 4 is 21.6 Å². The number of piperazine rings is 1. The van der Waals surface area contributed by atoms with E-state index in [2.05, 4.69) is 17.0 Å². The summed E-state index contributed by atoms with van der Waals surface area (Å²) in [5.74, 6) is -0.965. The fraction of sp³-hybridized carbons (Fsp3) is 0.435. The van der Waals surface area contributed by atoms with E-state index in [-0.39, 0.29) is 23.1 Å². The molecule has 1 atom stereocenters. The molecule has 1 amide bonds.